The van der Waals surface area contributed by atoms with E-state index < -0.39 is 5.92 Å². The first kappa shape index (κ1) is 13.8. The van der Waals surface area contributed by atoms with Gasteiger partial charge in [0.15, 0.2) is 0 Å². The van der Waals surface area contributed by atoms with Crippen molar-refractivity contribution in [3.8, 4) is 0 Å². The summed E-state index contributed by atoms with van der Waals surface area (Å²) in [5, 5.41) is 0. The van der Waals surface area contributed by atoms with E-state index in [4.69, 9.17) is 0 Å². The van der Waals surface area contributed by atoms with Gasteiger partial charge < -0.3 is 0 Å². The Bertz CT molecular complexity index is 146. The third kappa shape index (κ3) is 4.89. The summed E-state index contributed by atoms with van der Waals surface area (Å²) in [7, 11) is 0. The molecule has 1 heterocycles. The molecule has 86 valence electrons. The zero-order valence-electron chi connectivity index (χ0n) is 9.82. The molecular weight excluding hydrogens is 184 g/mol. The van der Waals surface area contributed by atoms with E-state index in [9.17, 15) is 8.78 Å². The molecule has 1 fully saturated rings. The van der Waals surface area contributed by atoms with Crippen LogP contribution in [0.1, 0.15) is 47.0 Å². The van der Waals surface area contributed by atoms with Gasteiger partial charge in [-0.1, -0.05) is 13.8 Å². The van der Waals surface area contributed by atoms with Crippen LogP contribution in [-0.2, 0) is 0 Å². The molecule has 0 bridgehead atoms. The second-order valence-electron chi connectivity index (χ2n) is 3.88. The van der Waals surface area contributed by atoms with Crippen molar-refractivity contribution < 1.29 is 8.78 Å². The van der Waals surface area contributed by atoms with Crippen LogP contribution in [0.2, 0.25) is 0 Å². The summed E-state index contributed by atoms with van der Waals surface area (Å²) < 4.78 is 26.1. The molecule has 0 N–H and O–H groups in total. The number of hydrogen-bond acceptors (Lipinski definition) is 1. The molecule has 1 saturated heterocycles. The average Bonchev–Trinajstić information content (AvgIpc) is 2.30. The molecule has 0 aromatic heterocycles. The molecule has 0 saturated carbocycles. The van der Waals surface area contributed by atoms with E-state index in [-0.39, 0.29) is 19.0 Å². The Hall–Kier alpha value is -0.180. The highest BCUT2D eigenvalue weighted by atomic mass is 19.3. The first-order valence-electron chi connectivity index (χ1n) is 5.63. The highest BCUT2D eigenvalue weighted by Gasteiger charge is 2.33. The van der Waals surface area contributed by atoms with Crippen molar-refractivity contribution in [2.24, 2.45) is 0 Å². The van der Waals surface area contributed by atoms with Crippen molar-refractivity contribution in [3.05, 3.63) is 0 Å². The molecule has 3 heteroatoms. The topological polar surface area (TPSA) is 3.24 Å². The van der Waals surface area contributed by atoms with Crippen LogP contribution in [0.25, 0.3) is 0 Å². The maximum Gasteiger partial charge on any atom is 0.260 e. The quantitative estimate of drug-likeness (QED) is 0.635. The van der Waals surface area contributed by atoms with Crippen molar-refractivity contribution in [2.45, 2.75) is 58.9 Å². The Morgan fingerprint density at radius 2 is 1.71 bits per heavy atom. The number of hydrogen-bond donors (Lipinski definition) is 0. The second-order valence-corrected chi connectivity index (χ2v) is 3.88. The van der Waals surface area contributed by atoms with Gasteiger partial charge in [-0.2, -0.15) is 0 Å². The van der Waals surface area contributed by atoms with E-state index in [2.05, 4.69) is 0 Å². The van der Waals surface area contributed by atoms with Gasteiger partial charge in [0.1, 0.15) is 0 Å². The molecule has 0 radical (unpaired) electrons. The SMILES string of the molecule is CC.CC(C)N1CCCCC(F)(F)C1. The lowest BCUT2D eigenvalue weighted by atomic mass is 10.2. The standard InChI is InChI=1S/C9H17F2N.C2H6/c1-8(2)12-6-4-3-5-9(10,11)7-12;1-2/h8H,3-7H2,1-2H3;1-2H3. The van der Waals surface area contributed by atoms with Crippen LogP contribution in [-0.4, -0.2) is 30.0 Å². The van der Waals surface area contributed by atoms with Crippen LogP contribution in [0, 0.1) is 0 Å². The Labute approximate surface area is 86.5 Å². The van der Waals surface area contributed by atoms with Crippen molar-refractivity contribution in [2.75, 3.05) is 13.1 Å². The lowest BCUT2D eigenvalue weighted by Crippen LogP contribution is -2.39. The number of rotatable bonds is 1. The Morgan fingerprint density at radius 3 is 2.21 bits per heavy atom. The smallest absolute Gasteiger partial charge is 0.260 e. The fourth-order valence-corrected chi connectivity index (χ4v) is 1.59. The maximum absolute atomic E-state index is 13.0. The molecule has 0 aromatic rings. The largest absolute Gasteiger partial charge is 0.295 e. The molecule has 1 aliphatic rings. The molecular formula is C11H23F2N. The van der Waals surface area contributed by atoms with Crippen LogP contribution >= 0.6 is 0 Å². The van der Waals surface area contributed by atoms with Gasteiger partial charge in [-0.3, -0.25) is 4.90 Å². The van der Waals surface area contributed by atoms with Gasteiger partial charge in [-0.05, 0) is 33.2 Å². The van der Waals surface area contributed by atoms with Crippen LogP contribution < -0.4 is 0 Å². The lowest BCUT2D eigenvalue weighted by Gasteiger charge is -2.27. The zero-order valence-corrected chi connectivity index (χ0v) is 9.82. The third-order valence-corrected chi connectivity index (χ3v) is 2.40. The van der Waals surface area contributed by atoms with Gasteiger partial charge >= 0.3 is 0 Å². The van der Waals surface area contributed by atoms with Crippen LogP contribution in [0.5, 0.6) is 0 Å². The monoisotopic (exact) mass is 207 g/mol. The van der Waals surface area contributed by atoms with Gasteiger partial charge in [0.05, 0.1) is 6.54 Å². The third-order valence-electron chi connectivity index (χ3n) is 2.40. The van der Waals surface area contributed by atoms with Crippen molar-refractivity contribution >= 4 is 0 Å². The minimum Gasteiger partial charge on any atom is -0.295 e. The second kappa shape index (κ2) is 6.33. The van der Waals surface area contributed by atoms with Crippen molar-refractivity contribution in [1.82, 2.24) is 4.90 Å². The first-order valence-corrected chi connectivity index (χ1v) is 5.63. The summed E-state index contributed by atoms with van der Waals surface area (Å²) in [5.41, 5.74) is 0. The van der Waals surface area contributed by atoms with E-state index in [1.54, 1.807) is 0 Å². The minimum absolute atomic E-state index is 0.0509. The van der Waals surface area contributed by atoms with Crippen LogP contribution in [0.3, 0.4) is 0 Å². The molecule has 14 heavy (non-hydrogen) atoms. The molecule has 0 amide bonds. The molecule has 1 aliphatic heterocycles. The van der Waals surface area contributed by atoms with Crippen molar-refractivity contribution in [3.63, 3.8) is 0 Å². The van der Waals surface area contributed by atoms with Crippen LogP contribution in [0.15, 0.2) is 0 Å². The Balaban J connectivity index is 0.000000791. The van der Waals surface area contributed by atoms with E-state index in [0.717, 1.165) is 13.0 Å². The number of nitrogens with zero attached hydrogens (tertiary/aromatic N) is 1. The van der Waals surface area contributed by atoms with Gasteiger partial charge in [0.2, 0.25) is 0 Å². The summed E-state index contributed by atoms with van der Waals surface area (Å²) in [6.07, 6.45) is 1.64. The maximum atomic E-state index is 13.0. The molecule has 1 nitrogen and oxygen atoms in total. The highest BCUT2D eigenvalue weighted by Crippen LogP contribution is 2.26. The first-order chi connectivity index (χ1) is 6.51. The average molecular weight is 207 g/mol. The fraction of sp³-hybridized carbons (Fsp3) is 1.00. The van der Waals surface area contributed by atoms with Gasteiger partial charge in [-0.15, -0.1) is 0 Å². The lowest BCUT2D eigenvalue weighted by molar-refractivity contribution is -0.0354. The van der Waals surface area contributed by atoms with Crippen LogP contribution in [0.4, 0.5) is 8.78 Å². The fourth-order valence-electron chi connectivity index (χ4n) is 1.59. The molecule has 0 aromatic carbocycles. The highest BCUT2D eigenvalue weighted by molar-refractivity contribution is 4.78. The number of halogens is 2. The molecule has 0 unspecified atom stereocenters. The summed E-state index contributed by atoms with van der Waals surface area (Å²) >= 11 is 0. The van der Waals surface area contributed by atoms with E-state index in [1.165, 1.54) is 0 Å². The predicted octanol–water partition coefficient (Wildman–Crippen LogP) is 3.54. The minimum atomic E-state index is -2.46. The Morgan fingerprint density at radius 1 is 1.14 bits per heavy atom. The normalized spacial score (nSPS) is 22.5. The predicted molar refractivity (Wildman–Crippen MR) is 56.9 cm³/mol. The van der Waals surface area contributed by atoms with Gasteiger partial charge in [-0.25, -0.2) is 8.78 Å². The summed E-state index contributed by atoms with van der Waals surface area (Å²) in [6.45, 7) is 8.72. The summed E-state index contributed by atoms with van der Waals surface area (Å²) in [5.74, 6) is -2.46. The van der Waals surface area contributed by atoms with Crippen molar-refractivity contribution in [1.29, 1.82) is 0 Å². The molecule has 1 rings (SSSR count). The Kier molecular flexibility index (Phi) is 6.25. The van der Waals surface area contributed by atoms with E-state index >= 15 is 0 Å². The summed E-state index contributed by atoms with van der Waals surface area (Å²) in [4.78, 5) is 1.87. The van der Waals surface area contributed by atoms with E-state index in [1.807, 2.05) is 32.6 Å². The van der Waals surface area contributed by atoms with Gasteiger partial charge in [0, 0.05) is 12.5 Å². The number of alkyl halides is 2. The zero-order chi connectivity index (χ0) is 11.2. The molecule has 0 aliphatic carbocycles. The summed E-state index contributed by atoms with van der Waals surface area (Å²) in [6, 6.07) is 0.244. The van der Waals surface area contributed by atoms with Gasteiger partial charge in [0.25, 0.3) is 5.92 Å². The molecule has 0 atom stereocenters. The number of likely N-dealkylation sites (tertiary alicyclic amines) is 1. The van der Waals surface area contributed by atoms with E-state index in [0.29, 0.717) is 6.42 Å². The molecule has 0 spiro atoms.